The zero-order valence-corrected chi connectivity index (χ0v) is 17.0. The highest BCUT2D eigenvalue weighted by atomic mass is 16.5. The Morgan fingerprint density at radius 3 is 2.13 bits per heavy atom. The first kappa shape index (κ1) is 21.1. The van der Waals surface area contributed by atoms with Crippen molar-refractivity contribution in [1.29, 1.82) is 5.26 Å². The van der Waals surface area contributed by atoms with Gasteiger partial charge in [0.05, 0.1) is 12.5 Å². The van der Waals surface area contributed by atoms with Crippen molar-refractivity contribution in [3.8, 4) is 11.8 Å². The first-order chi connectivity index (χ1) is 14.7. The topological polar surface area (TPSA) is 62.1 Å². The number of rotatable bonds is 10. The summed E-state index contributed by atoms with van der Waals surface area (Å²) in [6.45, 7) is 0.528. The SMILES string of the molecule is N#CCCC(Cc1ccc(OCc2ccccc2)cc1)NC(=O)Cc1ccccc1. The first-order valence-electron chi connectivity index (χ1n) is 10.2. The maximum absolute atomic E-state index is 12.4. The number of nitriles is 1. The Hall–Kier alpha value is -3.58. The third kappa shape index (κ3) is 7.10. The number of amides is 1. The Kier molecular flexibility index (Phi) is 8.05. The molecule has 0 aliphatic heterocycles. The molecule has 3 aromatic rings. The molecule has 3 rings (SSSR count). The first-order valence-corrected chi connectivity index (χ1v) is 10.2. The third-order valence-electron chi connectivity index (χ3n) is 4.83. The van der Waals surface area contributed by atoms with Crippen LogP contribution in [0.1, 0.15) is 29.5 Å². The van der Waals surface area contributed by atoms with Gasteiger partial charge in [0.1, 0.15) is 12.4 Å². The molecule has 0 aromatic heterocycles. The van der Waals surface area contributed by atoms with E-state index in [9.17, 15) is 4.79 Å². The Bertz CT molecular complexity index is 948. The van der Waals surface area contributed by atoms with Crippen LogP contribution in [0.3, 0.4) is 0 Å². The van der Waals surface area contributed by atoms with Crippen molar-refractivity contribution in [3.05, 3.63) is 102 Å². The molecule has 30 heavy (non-hydrogen) atoms. The monoisotopic (exact) mass is 398 g/mol. The minimum Gasteiger partial charge on any atom is -0.489 e. The smallest absolute Gasteiger partial charge is 0.224 e. The molecule has 0 spiro atoms. The van der Waals surface area contributed by atoms with Crippen LogP contribution in [0.2, 0.25) is 0 Å². The summed E-state index contributed by atoms with van der Waals surface area (Å²) >= 11 is 0. The molecule has 0 aliphatic rings. The molecule has 0 saturated carbocycles. The van der Waals surface area contributed by atoms with Gasteiger partial charge in [-0.05, 0) is 41.7 Å². The number of hydrogen-bond acceptors (Lipinski definition) is 3. The van der Waals surface area contributed by atoms with Gasteiger partial charge in [-0.25, -0.2) is 0 Å². The Morgan fingerprint density at radius 1 is 0.867 bits per heavy atom. The molecule has 0 heterocycles. The van der Waals surface area contributed by atoms with Crippen molar-refractivity contribution in [1.82, 2.24) is 5.32 Å². The lowest BCUT2D eigenvalue weighted by atomic mass is 10.0. The van der Waals surface area contributed by atoms with Crippen LogP contribution in [0.5, 0.6) is 5.75 Å². The highest BCUT2D eigenvalue weighted by Crippen LogP contribution is 2.16. The van der Waals surface area contributed by atoms with E-state index in [1.165, 1.54) is 0 Å². The zero-order valence-electron chi connectivity index (χ0n) is 17.0. The van der Waals surface area contributed by atoms with Gasteiger partial charge >= 0.3 is 0 Å². The van der Waals surface area contributed by atoms with E-state index >= 15 is 0 Å². The quantitative estimate of drug-likeness (QED) is 0.532. The molecule has 0 aliphatic carbocycles. The van der Waals surface area contributed by atoms with Crippen LogP contribution in [0.4, 0.5) is 0 Å². The van der Waals surface area contributed by atoms with E-state index < -0.39 is 0 Å². The minimum atomic E-state index is -0.0723. The fourth-order valence-electron chi connectivity index (χ4n) is 3.27. The predicted molar refractivity (Wildman–Crippen MR) is 118 cm³/mol. The van der Waals surface area contributed by atoms with E-state index in [2.05, 4.69) is 11.4 Å². The second-order valence-corrected chi connectivity index (χ2v) is 7.25. The second kappa shape index (κ2) is 11.4. The molecule has 4 heteroatoms. The van der Waals surface area contributed by atoms with Gasteiger partial charge in [0.25, 0.3) is 0 Å². The number of carbonyl (C=O) groups is 1. The lowest BCUT2D eigenvalue weighted by molar-refractivity contribution is -0.121. The van der Waals surface area contributed by atoms with Gasteiger partial charge in [-0.1, -0.05) is 72.8 Å². The summed E-state index contributed by atoms with van der Waals surface area (Å²) in [5.74, 6) is 0.788. The molecule has 0 bridgehead atoms. The van der Waals surface area contributed by atoms with Crippen LogP contribution in [0, 0.1) is 11.3 Å². The molecule has 152 valence electrons. The summed E-state index contributed by atoms with van der Waals surface area (Å²) in [7, 11) is 0. The normalized spacial score (nSPS) is 11.3. The Labute approximate surface area is 178 Å². The summed E-state index contributed by atoms with van der Waals surface area (Å²) in [6, 6.07) is 29.8. The number of ether oxygens (including phenoxy) is 1. The van der Waals surface area contributed by atoms with Crippen LogP contribution >= 0.6 is 0 Å². The summed E-state index contributed by atoms with van der Waals surface area (Å²) in [6.07, 6.45) is 2.06. The number of hydrogen-bond donors (Lipinski definition) is 1. The molecule has 3 aromatic carbocycles. The van der Waals surface area contributed by atoms with E-state index in [1.807, 2.05) is 84.9 Å². The van der Waals surface area contributed by atoms with Gasteiger partial charge in [-0.2, -0.15) is 5.26 Å². The van der Waals surface area contributed by atoms with Crippen LogP contribution < -0.4 is 10.1 Å². The van der Waals surface area contributed by atoms with Crippen molar-refractivity contribution >= 4 is 5.91 Å². The van der Waals surface area contributed by atoms with Gasteiger partial charge in [0.15, 0.2) is 0 Å². The van der Waals surface area contributed by atoms with Crippen molar-refractivity contribution in [3.63, 3.8) is 0 Å². The second-order valence-electron chi connectivity index (χ2n) is 7.25. The highest BCUT2D eigenvalue weighted by Gasteiger charge is 2.13. The summed E-state index contributed by atoms with van der Waals surface area (Å²) in [5.41, 5.74) is 3.21. The van der Waals surface area contributed by atoms with E-state index in [4.69, 9.17) is 10.00 Å². The maximum atomic E-state index is 12.4. The average molecular weight is 399 g/mol. The van der Waals surface area contributed by atoms with E-state index in [-0.39, 0.29) is 11.9 Å². The lowest BCUT2D eigenvalue weighted by Crippen LogP contribution is -2.37. The van der Waals surface area contributed by atoms with Crippen molar-refractivity contribution in [2.45, 2.75) is 38.3 Å². The molecule has 1 N–H and O–H groups in total. The predicted octanol–water partition coefficient (Wildman–Crippen LogP) is 4.84. The fraction of sp³-hybridized carbons (Fsp3) is 0.231. The molecule has 1 atom stereocenters. The number of carbonyl (C=O) groups excluding carboxylic acids is 1. The summed E-state index contributed by atoms with van der Waals surface area (Å²) in [4.78, 5) is 12.4. The molecular formula is C26H26N2O2. The van der Waals surface area contributed by atoms with Gasteiger partial charge in [0.2, 0.25) is 5.91 Å². The number of nitrogens with one attached hydrogen (secondary N) is 1. The molecular weight excluding hydrogens is 372 g/mol. The molecule has 1 amide bonds. The number of nitrogens with zero attached hydrogens (tertiary/aromatic N) is 1. The largest absolute Gasteiger partial charge is 0.489 e. The zero-order chi connectivity index (χ0) is 21.0. The lowest BCUT2D eigenvalue weighted by Gasteiger charge is -2.18. The Morgan fingerprint density at radius 2 is 1.50 bits per heavy atom. The fourth-order valence-corrected chi connectivity index (χ4v) is 3.27. The van der Waals surface area contributed by atoms with E-state index in [1.54, 1.807) is 0 Å². The van der Waals surface area contributed by atoms with Crippen LogP contribution in [0.25, 0.3) is 0 Å². The van der Waals surface area contributed by atoms with Gasteiger partial charge < -0.3 is 10.1 Å². The summed E-state index contributed by atoms with van der Waals surface area (Å²) < 4.78 is 5.84. The highest BCUT2D eigenvalue weighted by molar-refractivity contribution is 5.78. The van der Waals surface area contributed by atoms with Gasteiger partial charge in [-0.3, -0.25) is 4.79 Å². The molecule has 0 fully saturated rings. The maximum Gasteiger partial charge on any atom is 0.224 e. The van der Waals surface area contributed by atoms with Crippen molar-refractivity contribution in [2.24, 2.45) is 0 Å². The Balaban J connectivity index is 1.54. The van der Waals surface area contributed by atoms with Gasteiger partial charge in [-0.15, -0.1) is 0 Å². The minimum absolute atomic E-state index is 0.0213. The number of benzene rings is 3. The van der Waals surface area contributed by atoms with Crippen LogP contribution in [0.15, 0.2) is 84.9 Å². The molecule has 0 radical (unpaired) electrons. The van der Waals surface area contributed by atoms with E-state index in [0.29, 0.717) is 32.3 Å². The standard InChI is InChI=1S/C26H26N2O2/c27-17-7-12-24(28-26(29)19-21-8-3-1-4-9-21)18-22-13-15-25(16-14-22)30-20-23-10-5-2-6-11-23/h1-6,8-11,13-16,24H,7,12,18-20H2,(H,28,29). The molecule has 1 unspecified atom stereocenters. The molecule has 0 saturated heterocycles. The van der Waals surface area contributed by atoms with E-state index in [0.717, 1.165) is 22.4 Å². The van der Waals surface area contributed by atoms with Crippen LogP contribution in [-0.2, 0) is 24.2 Å². The van der Waals surface area contributed by atoms with Crippen LogP contribution in [-0.4, -0.2) is 11.9 Å². The molecule has 4 nitrogen and oxygen atoms in total. The average Bonchev–Trinajstić information content (AvgIpc) is 2.78. The summed E-state index contributed by atoms with van der Waals surface area (Å²) in [5, 5.41) is 12.0. The van der Waals surface area contributed by atoms with Gasteiger partial charge in [0, 0.05) is 12.5 Å². The third-order valence-corrected chi connectivity index (χ3v) is 4.83. The van der Waals surface area contributed by atoms with Crippen molar-refractivity contribution in [2.75, 3.05) is 0 Å². The van der Waals surface area contributed by atoms with Crippen molar-refractivity contribution < 1.29 is 9.53 Å².